The van der Waals surface area contributed by atoms with Gasteiger partial charge in [-0.3, -0.25) is 4.90 Å². The lowest BCUT2D eigenvalue weighted by atomic mass is 9.81. The highest BCUT2D eigenvalue weighted by Gasteiger charge is 2.31. The van der Waals surface area contributed by atoms with Crippen molar-refractivity contribution in [3.05, 3.63) is 89.0 Å². The van der Waals surface area contributed by atoms with Crippen LogP contribution in [0, 0.1) is 0 Å². The van der Waals surface area contributed by atoms with Crippen LogP contribution >= 0.6 is 0 Å². The number of carboxylic acids is 1. The van der Waals surface area contributed by atoms with Crippen molar-refractivity contribution in [1.29, 1.82) is 0 Å². The maximum atomic E-state index is 11.9. The molecule has 1 saturated carbocycles. The van der Waals surface area contributed by atoms with Gasteiger partial charge in [-0.05, 0) is 53.6 Å². The van der Waals surface area contributed by atoms with Crippen LogP contribution in [0.2, 0.25) is 0 Å². The zero-order chi connectivity index (χ0) is 25.6. The van der Waals surface area contributed by atoms with E-state index in [4.69, 9.17) is 0 Å². The number of fused-ring (bicyclic) bond motifs is 6. The van der Waals surface area contributed by atoms with E-state index in [0.29, 0.717) is 11.5 Å². The van der Waals surface area contributed by atoms with Crippen molar-refractivity contribution in [2.75, 3.05) is 24.5 Å². The summed E-state index contributed by atoms with van der Waals surface area (Å²) in [5, 5.41) is 11.0. The van der Waals surface area contributed by atoms with Gasteiger partial charge in [0, 0.05) is 61.4 Å². The first kappa shape index (κ1) is 23.5. The number of hydrogen-bond acceptors (Lipinski definition) is 3. The van der Waals surface area contributed by atoms with Crippen molar-refractivity contribution < 1.29 is 9.90 Å². The minimum atomic E-state index is -0.857. The molecule has 0 spiro atoms. The Morgan fingerprint density at radius 2 is 1.58 bits per heavy atom. The normalized spacial score (nSPS) is 17.7. The van der Waals surface area contributed by atoms with Crippen LogP contribution in [-0.2, 0) is 19.6 Å². The third kappa shape index (κ3) is 4.01. The summed E-state index contributed by atoms with van der Waals surface area (Å²) < 4.78 is 2.44. The zero-order valence-corrected chi connectivity index (χ0v) is 21.9. The van der Waals surface area contributed by atoms with E-state index in [-0.39, 0.29) is 0 Å². The number of aromatic carboxylic acids is 1. The van der Waals surface area contributed by atoms with Crippen LogP contribution in [0.3, 0.4) is 0 Å². The van der Waals surface area contributed by atoms with Gasteiger partial charge >= 0.3 is 5.97 Å². The summed E-state index contributed by atoms with van der Waals surface area (Å²) >= 11 is 0. The lowest BCUT2D eigenvalue weighted by Crippen LogP contribution is -2.34. The highest BCUT2D eigenvalue weighted by Crippen LogP contribution is 2.47. The monoisotopic (exact) mass is 505 g/mol. The lowest BCUT2D eigenvalue weighted by Gasteiger charge is -2.28. The molecule has 3 aliphatic rings. The van der Waals surface area contributed by atoms with Crippen LogP contribution < -0.4 is 4.90 Å². The van der Waals surface area contributed by atoms with E-state index in [9.17, 15) is 9.90 Å². The van der Waals surface area contributed by atoms with Crippen molar-refractivity contribution in [1.82, 2.24) is 9.47 Å². The SMILES string of the molecule is O=C(O)c1ccc2c(C3CCCCC3)c3n(c2c1)CCN(CCN1Cc2ccccc2C1)c1ccccc1-3. The molecule has 38 heavy (non-hydrogen) atoms. The van der Waals surface area contributed by atoms with E-state index in [1.165, 1.54) is 71.1 Å². The van der Waals surface area contributed by atoms with Crippen LogP contribution in [0.15, 0.2) is 66.7 Å². The van der Waals surface area contributed by atoms with Crippen molar-refractivity contribution in [2.45, 2.75) is 57.7 Å². The summed E-state index contributed by atoms with van der Waals surface area (Å²) in [6.45, 7) is 5.83. The third-order valence-corrected chi connectivity index (χ3v) is 9.05. The highest BCUT2D eigenvalue weighted by atomic mass is 16.4. The third-order valence-electron chi connectivity index (χ3n) is 9.05. The largest absolute Gasteiger partial charge is 0.478 e. The van der Waals surface area contributed by atoms with Crippen molar-refractivity contribution in [3.63, 3.8) is 0 Å². The summed E-state index contributed by atoms with van der Waals surface area (Å²) in [5.41, 5.74) is 9.73. The summed E-state index contributed by atoms with van der Waals surface area (Å²) in [6.07, 6.45) is 6.30. The Morgan fingerprint density at radius 3 is 2.34 bits per heavy atom. The Morgan fingerprint density at radius 1 is 0.842 bits per heavy atom. The van der Waals surface area contributed by atoms with E-state index in [1.54, 1.807) is 6.07 Å². The topological polar surface area (TPSA) is 48.7 Å². The van der Waals surface area contributed by atoms with Crippen LogP contribution in [0.25, 0.3) is 22.2 Å². The van der Waals surface area contributed by atoms with Crippen molar-refractivity contribution in [2.24, 2.45) is 0 Å². The molecule has 2 aliphatic heterocycles. The molecule has 0 bridgehead atoms. The second kappa shape index (κ2) is 9.63. The molecule has 3 heterocycles. The molecule has 0 atom stereocenters. The van der Waals surface area contributed by atoms with Gasteiger partial charge in [0.1, 0.15) is 0 Å². The Labute approximate surface area is 224 Å². The minimum absolute atomic E-state index is 0.371. The predicted octanol–water partition coefficient (Wildman–Crippen LogP) is 6.89. The van der Waals surface area contributed by atoms with Crippen molar-refractivity contribution >= 4 is 22.6 Å². The molecule has 194 valence electrons. The number of aromatic nitrogens is 1. The molecular weight excluding hydrogens is 470 g/mol. The van der Waals surface area contributed by atoms with Gasteiger partial charge in [-0.1, -0.05) is 67.8 Å². The molecule has 1 N–H and O–H groups in total. The van der Waals surface area contributed by atoms with Gasteiger partial charge in [-0.25, -0.2) is 4.79 Å². The first-order chi connectivity index (χ1) is 18.7. The number of carboxylic acid groups (broad SMARTS) is 1. The Hall–Kier alpha value is -3.57. The molecule has 0 radical (unpaired) electrons. The maximum Gasteiger partial charge on any atom is 0.335 e. The number of para-hydroxylation sites is 1. The van der Waals surface area contributed by atoms with E-state index >= 15 is 0 Å². The molecule has 0 amide bonds. The molecule has 5 heteroatoms. The predicted molar refractivity (Wildman–Crippen MR) is 153 cm³/mol. The molecule has 1 fully saturated rings. The Bertz CT molecular complexity index is 1490. The molecule has 0 unspecified atom stereocenters. The average molecular weight is 506 g/mol. The smallest absolute Gasteiger partial charge is 0.335 e. The number of anilines is 1. The van der Waals surface area contributed by atoms with Crippen LogP contribution in [-0.4, -0.2) is 40.2 Å². The average Bonchev–Trinajstić information content (AvgIpc) is 3.47. The van der Waals surface area contributed by atoms with Gasteiger partial charge in [0.2, 0.25) is 0 Å². The number of hydrogen-bond donors (Lipinski definition) is 1. The van der Waals surface area contributed by atoms with Crippen LogP contribution in [0.5, 0.6) is 0 Å². The Kier molecular flexibility index (Phi) is 5.96. The fourth-order valence-corrected chi connectivity index (χ4v) is 7.18. The molecule has 0 saturated heterocycles. The summed E-state index contributed by atoms with van der Waals surface area (Å²) in [6, 6.07) is 23.5. The number of rotatable bonds is 5. The molecule has 3 aromatic carbocycles. The van der Waals surface area contributed by atoms with Gasteiger partial charge < -0.3 is 14.6 Å². The maximum absolute atomic E-state index is 11.9. The van der Waals surface area contributed by atoms with Gasteiger partial charge in [-0.2, -0.15) is 0 Å². The highest BCUT2D eigenvalue weighted by molar-refractivity contribution is 5.99. The van der Waals surface area contributed by atoms with E-state index in [2.05, 4.69) is 69.0 Å². The fraction of sp³-hybridized carbons (Fsp3) is 0.364. The summed E-state index contributed by atoms with van der Waals surface area (Å²) in [7, 11) is 0. The Balaban J connectivity index is 1.28. The summed E-state index contributed by atoms with van der Waals surface area (Å²) in [4.78, 5) is 17.0. The summed E-state index contributed by atoms with van der Waals surface area (Å²) in [5.74, 6) is -0.329. The number of nitrogens with zero attached hydrogens (tertiary/aromatic N) is 3. The molecule has 4 aromatic rings. The van der Waals surface area contributed by atoms with E-state index < -0.39 is 5.97 Å². The first-order valence-electron chi connectivity index (χ1n) is 14.2. The van der Waals surface area contributed by atoms with Gasteiger partial charge in [-0.15, -0.1) is 0 Å². The second-order valence-electron chi connectivity index (χ2n) is 11.3. The molecule has 7 rings (SSSR count). The van der Waals surface area contributed by atoms with Crippen LogP contribution in [0.4, 0.5) is 5.69 Å². The van der Waals surface area contributed by atoms with E-state index in [0.717, 1.165) is 44.8 Å². The molecule has 5 nitrogen and oxygen atoms in total. The molecule has 1 aliphatic carbocycles. The van der Waals surface area contributed by atoms with E-state index in [1.807, 2.05) is 6.07 Å². The van der Waals surface area contributed by atoms with Gasteiger partial charge in [0.15, 0.2) is 0 Å². The number of benzene rings is 3. The van der Waals surface area contributed by atoms with Gasteiger partial charge in [0.05, 0.1) is 11.3 Å². The molecular formula is C33H35N3O2. The second-order valence-corrected chi connectivity index (χ2v) is 11.3. The molecule has 1 aromatic heterocycles. The fourth-order valence-electron chi connectivity index (χ4n) is 7.18. The first-order valence-corrected chi connectivity index (χ1v) is 14.2. The number of carbonyl (C=O) groups is 1. The zero-order valence-electron chi connectivity index (χ0n) is 21.9. The van der Waals surface area contributed by atoms with Crippen LogP contribution in [0.1, 0.15) is 65.1 Å². The van der Waals surface area contributed by atoms with Gasteiger partial charge in [0.25, 0.3) is 0 Å². The quantitative estimate of drug-likeness (QED) is 0.321. The van der Waals surface area contributed by atoms with Crippen molar-refractivity contribution in [3.8, 4) is 11.3 Å². The lowest BCUT2D eigenvalue weighted by molar-refractivity contribution is 0.0697. The standard InChI is InChI=1S/C33H35N3O2/c37-33(38)24-14-15-27-30(20-24)36-19-18-35(17-16-34-21-25-10-4-5-11-26(25)22-34)29-13-7-6-12-28(29)32(36)31(27)23-8-2-1-3-9-23/h4-7,10-15,20,23H,1-3,8-9,16-19,21-22H2,(H,37,38). The minimum Gasteiger partial charge on any atom is -0.478 e.